The first-order valence-corrected chi connectivity index (χ1v) is 10.4. The first-order valence-electron chi connectivity index (χ1n) is 8.96. The highest BCUT2D eigenvalue weighted by Crippen LogP contribution is 2.26. The minimum Gasteiger partial charge on any atom is -0.345 e. The van der Waals surface area contributed by atoms with E-state index < -0.39 is 10.0 Å². The van der Waals surface area contributed by atoms with Gasteiger partial charge in [0.05, 0.1) is 6.04 Å². The number of hydrogen-bond donors (Lipinski definition) is 2. The maximum Gasteiger partial charge on any atom is 0.285 e. The van der Waals surface area contributed by atoms with Gasteiger partial charge in [-0.3, -0.25) is 9.78 Å². The molecule has 2 N–H and O–H groups in total. The zero-order valence-electron chi connectivity index (χ0n) is 15.5. The Kier molecular flexibility index (Phi) is 4.85. The van der Waals surface area contributed by atoms with Crippen molar-refractivity contribution < 1.29 is 13.2 Å². The average molecular weight is 406 g/mol. The lowest BCUT2D eigenvalue weighted by Crippen LogP contribution is -2.26. The Morgan fingerprint density at radius 1 is 1.00 bits per heavy atom. The third kappa shape index (κ3) is 3.88. The van der Waals surface area contributed by atoms with Crippen LogP contribution in [0.25, 0.3) is 0 Å². The molecule has 0 aliphatic carbocycles. The third-order valence-electron chi connectivity index (χ3n) is 4.57. The maximum atomic E-state index is 12.5. The number of nitrogens with one attached hydrogen (secondary N) is 2. The van der Waals surface area contributed by atoms with Crippen LogP contribution >= 0.6 is 0 Å². The topological polar surface area (TPSA) is 101 Å². The van der Waals surface area contributed by atoms with Crippen LogP contribution in [0.15, 0.2) is 82.4 Å². The van der Waals surface area contributed by atoms with Crippen LogP contribution in [-0.4, -0.2) is 25.1 Å². The molecule has 0 saturated carbocycles. The molecule has 2 aromatic carbocycles. The first kappa shape index (κ1) is 18.8. The van der Waals surface area contributed by atoms with Gasteiger partial charge >= 0.3 is 0 Å². The van der Waals surface area contributed by atoms with Gasteiger partial charge in [0.15, 0.2) is 5.84 Å². The number of anilines is 1. The maximum absolute atomic E-state index is 12.5. The molecule has 1 aromatic heterocycles. The highest BCUT2D eigenvalue weighted by Gasteiger charge is 2.28. The fraction of sp³-hybridized carbons (Fsp3) is 0.0952. The van der Waals surface area contributed by atoms with Gasteiger partial charge in [-0.2, -0.15) is 8.42 Å². The largest absolute Gasteiger partial charge is 0.345 e. The predicted molar refractivity (Wildman–Crippen MR) is 110 cm³/mol. The number of hydrogen-bond acceptors (Lipinski definition) is 5. The van der Waals surface area contributed by atoms with Gasteiger partial charge < -0.3 is 10.6 Å². The highest BCUT2D eigenvalue weighted by molar-refractivity contribution is 7.90. The van der Waals surface area contributed by atoms with Crippen LogP contribution in [0.5, 0.6) is 0 Å². The molecule has 1 amide bonds. The molecule has 7 nitrogen and oxygen atoms in total. The molecule has 0 fully saturated rings. The summed E-state index contributed by atoms with van der Waals surface area (Å²) in [7, 11) is -3.68. The second-order valence-corrected chi connectivity index (χ2v) is 8.17. The minimum absolute atomic E-state index is 0.177. The van der Waals surface area contributed by atoms with Gasteiger partial charge in [-0.15, -0.1) is 4.40 Å². The van der Waals surface area contributed by atoms with E-state index in [1.165, 1.54) is 6.07 Å². The number of rotatable bonds is 4. The van der Waals surface area contributed by atoms with Crippen LogP contribution in [0.3, 0.4) is 0 Å². The van der Waals surface area contributed by atoms with Crippen molar-refractivity contribution in [2.45, 2.75) is 17.9 Å². The summed E-state index contributed by atoms with van der Waals surface area (Å²) in [6, 6.07) is 17.0. The van der Waals surface area contributed by atoms with Crippen molar-refractivity contribution in [3.8, 4) is 0 Å². The summed E-state index contributed by atoms with van der Waals surface area (Å²) < 4.78 is 28.1. The third-order valence-corrected chi connectivity index (χ3v) is 5.91. The number of amidine groups is 1. The number of amides is 1. The van der Waals surface area contributed by atoms with Crippen molar-refractivity contribution in [2.24, 2.45) is 4.40 Å². The number of carbonyl (C=O) groups is 1. The van der Waals surface area contributed by atoms with Crippen LogP contribution in [0.1, 0.15) is 34.5 Å². The number of fused-ring (bicyclic) bond motifs is 1. The Hall–Kier alpha value is -3.52. The fourth-order valence-electron chi connectivity index (χ4n) is 3.03. The smallest absolute Gasteiger partial charge is 0.285 e. The van der Waals surface area contributed by atoms with E-state index in [0.29, 0.717) is 16.8 Å². The zero-order chi connectivity index (χ0) is 20.4. The number of aromatic nitrogens is 1. The Morgan fingerprint density at radius 2 is 1.76 bits per heavy atom. The Balaban J connectivity index is 1.47. The monoisotopic (exact) mass is 406 g/mol. The minimum atomic E-state index is -3.68. The standard InChI is InChI=1S/C21H18N4O3S/c1-14(16-5-4-12-22-13-16)23-21(26)15-8-10-17(11-9-15)24-20-18-6-2-3-7-19(18)29(27,28)25-20/h2-14H,1H3,(H,23,26)(H,24,25). The van der Waals surface area contributed by atoms with Gasteiger partial charge in [0.1, 0.15) is 4.90 Å². The van der Waals surface area contributed by atoms with Gasteiger partial charge in [0.25, 0.3) is 15.9 Å². The van der Waals surface area contributed by atoms with E-state index in [-0.39, 0.29) is 22.7 Å². The number of sulfonamides is 1. The normalized spacial score (nSPS) is 15.1. The summed E-state index contributed by atoms with van der Waals surface area (Å²) in [6.07, 6.45) is 3.40. The molecule has 1 aliphatic heterocycles. The van der Waals surface area contributed by atoms with Crippen LogP contribution in [0.4, 0.5) is 5.69 Å². The summed E-state index contributed by atoms with van der Waals surface area (Å²) >= 11 is 0. The molecule has 1 atom stereocenters. The molecule has 1 aliphatic rings. The molecule has 0 spiro atoms. The second-order valence-electron chi connectivity index (χ2n) is 6.59. The average Bonchev–Trinajstić information content (AvgIpc) is 2.99. The molecule has 0 saturated heterocycles. The molecule has 4 rings (SSSR count). The van der Waals surface area contributed by atoms with Gasteiger partial charge in [0, 0.05) is 29.2 Å². The number of carbonyl (C=O) groups excluding carboxylic acids is 1. The quantitative estimate of drug-likeness (QED) is 0.693. The van der Waals surface area contributed by atoms with E-state index >= 15 is 0 Å². The molecule has 29 heavy (non-hydrogen) atoms. The number of nitrogens with zero attached hydrogens (tertiary/aromatic N) is 2. The van der Waals surface area contributed by atoms with Crippen molar-refractivity contribution in [3.63, 3.8) is 0 Å². The van der Waals surface area contributed by atoms with Crippen LogP contribution in [0.2, 0.25) is 0 Å². The zero-order valence-corrected chi connectivity index (χ0v) is 16.3. The summed E-state index contributed by atoms with van der Waals surface area (Å²) in [5.41, 5.74) is 2.57. The summed E-state index contributed by atoms with van der Waals surface area (Å²) in [5, 5.41) is 5.94. The molecule has 8 heteroatoms. The predicted octanol–water partition coefficient (Wildman–Crippen LogP) is 3.13. The van der Waals surface area contributed by atoms with E-state index in [0.717, 1.165) is 5.56 Å². The van der Waals surface area contributed by atoms with Crippen molar-refractivity contribution >= 4 is 27.5 Å². The Bertz CT molecular complexity index is 1190. The van der Waals surface area contributed by atoms with Gasteiger partial charge in [-0.05, 0) is 55.0 Å². The molecule has 3 aromatic rings. The second kappa shape index (κ2) is 7.48. The van der Waals surface area contributed by atoms with Gasteiger partial charge in [-0.25, -0.2) is 0 Å². The molecule has 0 radical (unpaired) electrons. The summed E-state index contributed by atoms with van der Waals surface area (Å²) in [4.78, 5) is 16.7. The Labute approximate surface area is 168 Å². The summed E-state index contributed by atoms with van der Waals surface area (Å²) in [5.74, 6) is 0.0574. The lowest BCUT2D eigenvalue weighted by atomic mass is 10.1. The summed E-state index contributed by atoms with van der Waals surface area (Å²) in [6.45, 7) is 1.89. The SMILES string of the molecule is CC(NC(=O)c1ccc(NC2=NS(=O)(=O)c3ccccc32)cc1)c1cccnc1. The van der Waals surface area contributed by atoms with E-state index in [9.17, 15) is 13.2 Å². The van der Waals surface area contributed by atoms with E-state index in [2.05, 4.69) is 20.0 Å². The first-order chi connectivity index (χ1) is 13.9. The van der Waals surface area contributed by atoms with Crippen molar-refractivity contribution in [1.82, 2.24) is 10.3 Å². The number of pyridine rings is 1. The lowest BCUT2D eigenvalue weighted by molar-refractivity contribution is 0.0940. The molecule has 0 bridgehead atoms. The molecule has 1 unspecified atom stereocenters. The van der Waals surface area contributed by atoms with Crippen LogP contribution < -0.4 is 10.6 Å². The Morgan fingerprint density at radius 3 is 2.48 bits per heavy atom. The fourth-order valence-corrected chi connectivity index (χ4v) is 4.21. The molecule has 146 valence electrons. The van der Waals surface area contributed by atoms with Crippen molar-refractivity contribution in [3.05, 3.63) is 89.7 Å². The van der Waals surface area contributed by atoms with Crippen LogP contribution in [-0.2, 0) is 10.0 Å². The van der Waals surface area contributed by atoms with E-state index in [1.54, 1.807) is 54.9 Å². The molecule has 2 heterocycles. The van der Waals surface area contributed by atoms with E-state index in [1.807, 2.05) is 19.1 Å². The van der Waals surface area contributed by atoms with Crippen LogP contribution in [0, 0.1) is 0 Å². The van der Waals surface area contributed by atoms with E-state index in [4.69, 9.17) is 0 Å². The number of benzene rings is 2. The lowest BCUT2D eigenvalue weighted by Gasteiger charge is -2.14. The van der Waals surface area contributed by atoms with Crippen molar-refractivity contribution in [2.75, 3.05) is 5.32 Å². The highest BCUT2D eigenvalue weighted by atomic mass is 32.2. The molecular formula is C21H18N4O3S. The van der Waals surface area contributed by atoms with Crippen molar-refractivity contribution in [1.29, 1.82) is 0 Å². The van der Waals surface area contributed by atoms with Gasteiger partial charge in [0.2, 0.25) is 0 Å². The molecular weight excluding hydrogens is 388 g/mol. The van der Waals surface area contributed by atoms with Gasteiger partial charge in [-0.1, -0.05) is 18.2 Å².